The molecular weight excluding hydrogens is 879 g/mol. The first-order valence-corrected chi connectivity index (χ1v) is 24.0. The topological polar surface area (TPSA) is 55.4 Å². The minimum absolute atomic E-state index is 0.109. The highest BCUT2D eigenvalue weighted by molar-refractivity contribution is 6.07. The van der Waals surface area contributed by atoms with Gasteiger partial charge in [-0.15, -0.1) is 19.3 Å². The number of nitrogens with one attached hydrogen (secondary N) is 1. The van der Waals surface area contributed by atoms with Gasteiger partial charge < -0.3 is 10.1 Å². The summed E-state index contributed by atoms with van der Waals surface area (Å²) < 4.78 is 4.77. The molecule has 9 rings (SSSR count). The van der Waals surface area contributed by atoms with Gasteiger partial charge >= 0.3 is 5.97 Å². The Kier molecular flexibility index (Phi) is 14.5. The summed E-state index contributed by atoms with van der Waals surface area (Å²) in [6.07, 6.45) is 19.5. The molecule has 0 spiro atoms. The highest BCUT2D eigenvalue weighted by Gasteiger charge is 2.39. The zero-order chi connectivity index (χ0) is 49.9. The Morgan fingerprint density at radius 1 is 0.431 bits per heavy atom. The van der Waals surface area contributed by atoms with E-state index in [0.717, 1.165) is 94.6 Å². The largest absolute Gasteiger partial charge is 0.469 e. The summed E-state index contributed by atoms with van der Waals surface area (Å²) in [6.45, 7) is 0. The molecule has 4 nitrogen and oxygen atoms in total. The summed E-state index contributed by atoms with van der Waals surface area (Å²) in [7, 11) is 1.38. The van der Waals surface area contributed by atoms with Gasteiger partial charge in [-0.05, 0) is 145 Å². The molecular formula is C68H51NO3. The first-order chi connectivity index (χ1) is 35.3. The van der Waals surface area contributed by atoms with Crippen LogP contribution in [0.5, 0.6) is 0 Å². The first kappa shape index (κ1) is 47.7. The van der Waals surface area contributed by atoms with Crippen LogP contribution in [0.25, 0.3) is 55.6 Å². The predicted molar refractivity (Wildman–Crippen MR) is 295 cm³/mol. The van der Waals surface area contributed by atoms with Crippen molar-refractivity contribution in [1.29, 1.82) is 0 Å². The monoisotopic (exact) mass is 929 g/mol. The highest BCUT2D eigenvalue weighted by atomic mass is 16.5. The SMILES string of the molecule is C#Cc1ccc(C(c2ccc(C#C)cc2)(c2ccc(C#C)cc2)c2ccc(-c3cc(-c4ccccc4)c(-c4ccccc4)c(-c4ccc(NC(=O)CCCCC(=O)OC)cc4)c3-c3ccccc3)cc2)cc1. The molecule has 9 aromatic rings. The summed E-state index contributed by atoms with van der Waals surface area (Å²) in [6, 6.07) is 75.7. The van der Waals surface area contributed by atoms with Gasteiger partial charge in [0, 0.05) is 35.2 Å². The van der Waals surface area contributed by atoms with Crippen LogP contribution >= 0.6 is 0 Å². The molecule has 0 aliphatic heterocycles. The van der Waals surface area contributed by atoms with Crippen molar-refractivity contribution in [1.82, 2.24) is 0 Å². The van der Waals surface area contributed by atoms with Crippen LogP contribution in [0.4, 0.5) is 5.69 Å². The first-order valence-electron chi connectivity index (χ1n) is 24.0. The van der Waals surface area contributed by atoms with Crippen LogP contribution in [-0.2, 0) is 19.7 Å². The third-order valence-corrected chi connectivity index (χ3v) is 13.3. The van der Waals surface area contributed by atoms with Crippen molar-refractivity contribution in [2.45, 2.75) is 31.1 Å². The van der Waals surface area contributed by atoms with Crippen LogP contribution in [0.3, 0.4) is 0 Å². The fraction of sp³-hybridized carbons (Fsp3) is 0.0882. The van der Waals surface area contributed by atoms with Gasteiger partial charge in [0.25, 0.3) is 0 Å². The Hall–Kier alpha value is -9.40. The molecule has 0 atom stereocenters. The second-order valence-corrected chi connectivity index (χ2v) is 17.6. The molecule has 0 unspecified atom stereocenters. The summed E-state index contributed by atoms with van der Waals surface area (Å²) in [5.74, 6) is 8.01. The van der Waals surface area contributed by atoms with Crippen LogP contribution in [0.1, 0.15) is 64.6 Å². The molecule has 1 N–H and O–H groups in total. The third kappa shape index (κ3) is 9.88. The van der Waals surface area contributed by atoms with Crippen molar-refractivity contribution >= 4 is 17.6 Å². The Balaban J connectivity index is 1.27. The summed E-state index contributed by atoms with van der Waals surface area (Å²) in [5, 5.41) is 3.08. The molecule has 72 heavy (non-hydrogen) atoms. The smallest absolute Gasteiger partial charge is 0.305 e. The van der Waals surface area contributed by atoms with Gasteiger partial charge in [-0.2, -0.15) is 0 Å². The lowest BCUT2D eigenvalue weighted by molar-refractivity contribution is -0.140. The molecule has 0 bridgehead atoms. The minimum atomic E-state index is -0.814. The average Bonchev–Trinajstić information content (AvgIpc) is 3.45. The van der Waals surface area contributed by atoms with E-state index < -0.39 is 5.41 Å². The molecule has 0 aliphatic rings. The lowest BCUT2D eigenvalue weighted by Gasteiger charge is -2.37. The van der Waals surface area contributed by atoms with E-state index in [1.807, 2.05) is 66.7 Å². The van der Waals surface area contributed by atoms with Gasteiger partial charge in [0.15, 0.2) is 0 Å². The van der Waals surface area contributed by atoms with Crippen LogP contribution in [0.15, 0.2) is 218 Å². The molecule has 4 heteroatoms. The maximum atomic E-state index is 13.1. The molecule has 0 saturated carbocycles. The number of rotatable bonds is 15. The van der Waals surface area contributed by atoms with E-state index >= 15 is 0 Å². The summed E-state index contributed by atoms with van der Waals surface area (Å²) in [5.41, 5.74) is 16.9. The molecule has 9 aromatic carbocycles. The van der Waals surface area contributed by atoms with Crippen molar-refractivity contribution in [3.8, 4) is 92.7 Å². The molecule has 1 amide bonds. The van der Waals surface area contributed by atoms with Crippen LogP contribution in [0, 0.1) is 37.0 Å². The standard InChI is InChI=1S/C68H51NO3/c1-5-48-27-37-56(38-28-48)68(57-39-29-49(6-2)30-40-57,58-41-31-50(7-3)32-42-58)59-43-33-52(34-44-59)62-47-61(51-19-11-8-12-20-51)65(53-21-13-9-14-22-53)67(66(62)54-23-15-10-16-24-54)55-35-45-60(46-36-55)69-63(70)25-17-18-26-64(71)72-4/h1-3,8-16,19-24,27-47H,17-18,25-26H2,4H3,(H,69,70). The van der Waals surface area contributed by atoms with Gasteiger partial charge in [-0.1, -0.05) is 182 Å². The van der Waals surface area contributed by atoms with Gasteiger partial charge in [-0.3, -0.25) is 9.59 Å². The molecule has 0 radical (unpaired) electrons. The number of amides is 1. The number of unbranched alkanes of at least 4 members (excludes halogenated alkanes) is 1. The lowest BCUT2D eigenvalue weighted by atomic mass is 9.64. The number of ether oxygens (including phenoxy) is 1. The Labute approximate surface area is 423 Å². The van der Waals surface area contributed by atoms with Crippen LogP contribution < -0.4 is 5.32 Å². The van der Waals surface area contributed by atoms with E-state index in [1.165, 1.54) is 7.11 Å². The van der Waals surface area contributed by atoms with Crippen molar-refractivity contribution in [3.05, 3.63) is 257 Å². The normalized spacial score (nSPS) is 10.9. The number of hydrogen-bond acceptors (Lipinski definition) is 3. The fourth-order valence-corrected chi connectivity index (χ4v) is 9.80. The lowest BCUT2D eigenvalue weighted by Crippen LogP contribution is -2.31. The van der Waals surface area contributed by atoms with E-state index in [0.29, 0.717) is 24.9 Å². The van der Waals surface area contributed by atoms with Crippen molar-refractivity contribution in [3.63, 3.8) is 0 Å². The van der Waals surface area contributed by atoms with Crippen molar-refractivity contribution in [2.75, 3.05) is 12.4 Å². The van der Waals surface area contributed by atoms with Gasteiger partial charge in [0.05, 0.1) is 12.5 Å². The van der Waals surface area contributed by atoms with E-state index in [2.05, 4.69) is 175 Å². The number of anilines is 1. The number of terminal acetylenes is 3. The number of benzene rings is 9. The van der Waals surface area contributed by atoms with E-state index in [-0.39, 0.29) is 18.3 Å². The van der Waals surface area contributed by atoms with Crippen molar-refractivity contribution in [2.24, 2.45) is 0 Å². The predicted octanol–water partition coefficient (Wildman–Crippen LogP) is 15.0. The van der Waals surface area contributed by atoms with Gasteiger partial charge in [-0.25, -0.2) is 0 Å². The number of hydrogen-bond donors (Lipinski definition) is 1. The Morgan fingerprint density at radius 2 is 0.778 bits per heavy atom. The molecule has 0 heterocycles. The number of carbonyl (C=O) groups is 2. The van der Waals surface area contributed by atoms with Crippen LogP contribution in [-0.4, -0.2) is 19.0 Å². The summed E-state index contributed by atoms with van der Waals surface area (Å²) in [4.78, 5) is 24.8. The quantitative estimate of drug-likeness (QED) is 0.0482. The van der Waals surface area contributed by atoms with E-state index in [9.17, 15) is 9.59 Å². The molecule has 0 aromatic heterocycles. The Bertz CT molecular complexity index is 3330. The molecule has 0 saturated heterocycles. The molecule has 0 fully saturated rings. The number of methoxy groups -OCH3 is 1. The number of esters is 1. The van der Waals surface area contributed by atoms with E-state index in [4.69, 9.17) is 24.0 Å². The number of carbonyl (C=O) groups excluding carboxylic acids is 2. The minimum Gasteiger partial charge on any atom is -0.469 e. The van der Waals surface area contributed by atoms with Crippen molar-refractivity contribution < 1.29 is 14.3 Å². The van der Waals surface area contributed by atoms with Crippen LogP contribution in [0.2, 0.25) is 0 Å². The molecule has 0 aliphatic carbocycles. The molecule has 346 valence electrons. The average molecular weight is 930 g/mol. The second kappa shape index (κ2) is 21.9. The zero-order valence-corrected chi connectivity index (χ0v) is 40.1. The van der Waals surface area contributed by atoms with E-state index in [1.54, 1.807) is 0 Å². The zero-order valence-electron chi connectivity index (χ0n) is 40.1. The maximum Gasteiger partial charge on any atom is 0.305 e. The fourth-order valence-electron chi connectivity index (χ4n) is 9.80. The third-order valence-electron chi connectivity index (χ3n) is 13.3. The van der Waals surface area contributed by atoms with Gasteiger partial charge in [0.2, 0.25) is 5.91 Å². The highest BCUT2D eigenvalue weighted by Crippen LogP contribution is 2.51. The Morgan fingerprint density at radius 3 is 1.18 bits per heavy atom. The second-order valence-electron chi connectivity index (χ2n) is 17.6. The summed E-state index contributed by atoms with van der Waals surface area (Å²) >= 11 is 0. The maximum absolute atomic E-state index is 13.1. The van der Waals surface area contributed by atoms with Gasteiger partial charge in [0.1, 0.15) is 0 Å².